The molecule has 21 heavy (non-hydrogen) atoms. The minimum Gasteiger partial charge on any atom is -0.143 e. The molecule has 4 aromatic carbocycles. The molecule has 0 aliphatic heterocycles. The maximum absolute atomic E-state index is 4.62. The number of hydrogen-bond donors (Lipinski definition) is 1. The van der Waals surface area contributed by atoms with Crippen LogP contribution in [0.15, 0.2) is 53.4 Å². The Morgan fingerprint density at radius 3 is 1.95 bits per heavy atom. The van der Waals surface area contributed by atoms with E-state index in [9.17, 15) is 0 Å². The first-order valence-electron chi connectivity index (χ1n) is 7.36. The van der Waals surface area contributed by atoms with Crippen molar-refractivity contribution in [2.45, 2.75) is 31.1 Å². The van der Waals surface area contributed by atoms with Crippen LogP contribution in [-0.4, -0.2) is 0 Å². The summed E-state index contributed by atoms with van der Waals surface area (Å²) < 4.78 is 0. The number of thiol groups is 1. The SMILES string of the molecule is CC(C)(C)c1cc2ccc3ccc(S)c4ccc(c1)c2c34. The molecule has 0 aromatic heterocycles. The van der Waals surface area contributed by atoms with Gasteiger partial charge in [-0.15, -0.1) is 12.6 Å². The topological polar surface area (TPSA) is 0 Å². The Balaban J connectivity index is 2.26. The minimum atomic E-state index is 0.166. The van der Waals surface area contributed by atoms with Crippen LogP contribution in [0, 0.1) is 0 Å². The summed E-state index contributed by atoms with van der Waals surface area (Å²) in [7, 11) is 0. The molecule has 0 unspecified atom stereocenters. The van der Waals surface area contributed by atoms with Crippen LogP contribution >= 0.6 is 12.6 Å². The molecule has 0 saturated heterocycles. The van der Waals surface area contributed by atoms with Crippen molar-refractivity contribution in [2.24, 2.45) is 0 Å². The van der Waals surface area contributed by atoms with E-state index in [1.165, 1.54) is 37.9 Å². The van der Waals surface area contributed by atoms with Gasteiger partial charge < -0.3 is 0 Å². The monoisotopic (exact) mass is 290 g/mol. The standard InChI is InChI=1S/C20H18S/c1-20(2,3)15-10-13-5-4-12-7-9-17(21)16-8-6-14(11-15)18(13)19(12)16/h4-11,21H,1-3H3. The Morgan fingerprint density at radius 1 is 0.714 bits per heavy atom. The van der Waals surface area contributed by atoms with Gasteiger partial charge in [0.15, 0.2) is 0 Å². The van der Waals surface area contributed by atoms with Gasteiger partial charge in [-0.25, -0.2) is 0 Å². The molecule has 0 aliphatic rings. The molecule has 0 nitrogen and oxygen atoms in total. The van der Waals surface area contributed by atoms with E-state index < -0.39 is 0 Å². The third-order valence-electron chi connectivity index (χ3n) is 4.44. The van der Waals surface area contributed by atoms with E-state index in [1.54, 1.807) is 0 Å². The van der Waals surface area contributed by atoms with Gasteiger partial charge in [-0.3, -0.25) is 0 Å². The first-order valence-corrected chi connectivity index (χ1v) is 7.81. The van der Waals surface area contributed by atoms with Crippen LogP contribution in [0.25, 0.3) is 32.3 Å². The van der Waals surface area contributed by atoms with Crippen molar-refractivity contribution in [3.05, 3.63) is 54.1 Å². The van der Waals surface area contributed by atoms with E-state index >= 15 is 0 Å². The predicted molar refractivity (Wildman–Crippen MR) is 96.1 cm³/mol. The fourth-order valence-corrected chi connectivity index (χ4v) is 3.50. The Kier molecular flexibility index (Phi) is 2.56. The van der Waals surface area contributed by atoms with Crippen LogP contribution < -0.4 is 0 Å². The van der Waals surface area contributed by atoms with Crippen molar-refractivity contribution in [2.75, 3.05) is 0 Å². The normalized spacial score (nSPS) is 12.8. The van der Waals surface area contributed by atoms with E-state index in [-0.39, 0.29) is 5.41 Å². The molecule has 0 bridgehead atoms. The molecule has 0 saturated carbocycles. The van der Waals surface area contributed by atoms with Crippen LogP contribution in [0.3, 0.4) is 0 Å². The van der Waals surface area contributed by atoms with E-state index in [4.69, 9.17) is 0 Å². The molecule has 1 heteroatoms. The number of rotatable bonds is 0. The lowest BCUT2D eigenvalue weighted by atomic mass is 9.83. The Hall–Kier alpha value is -1.73. The largest absolute Gasteiger partial charge is 0.143 e. The summed E-state index contributed by atoms with van der Waals surface area (Å²) in [6, 6.07) is 17.9. The van der Waals surface area contributed by atoms with Gasteiger partial charge in [0.25, 0.3) is 0 Å². The zero-order chi connectivity index (χ0) is 14.8. The van der Waals surface area contributed by atoms with Gasteiger partial charge in [-0.2, -0.15) is 0 Å². The fraction of sp³-hybridized carbons (Fsp3) is 0.200. The molecule has 0 amide bonds. The minimum absolute atomic E-state index is 0.166. The summed E-state index contributed by atoms with van der Waals surface area (Å²) in [4.78, 5) is 1.05. The zero-order valence-electron chi connectivity index (χ0n) is 12.6. The molecule has 104 valence electrons. The second-order valence-corrected chi connectivity index (χ2v) is 7.39. The third kappa shape index (κ3) is 1.84. The van der Waals surface area contributed by atoms with Gasteiger partial charge in [0.1, 0.15) is 0 Å². The summed E-state index contributed by atoms with van der Waals surface area (Å²) in [5, 5.41) is 7.91. The lowest BCUT2D eigenvalue weighted by Crippen LogP contribution is -2.10. The highest BCUT2D eigenvalue weighted by Crippen LogP contribution is 2.39. The van der Waals surface area contributed by atoms with Crippen LogP contribution in [0.2, 0.25) is 0 Å². The average Bonchev–Trinajstić information content (AvgIpc) is 2.45. The third-order valence-corrected chi connectivity index (χ3v) is 4.83. The van der Waals surface area contributed by atoms with E-state index in [1.807, 2.05) is 0 Å². The summed E-state index contributed by atoms with van der Waals surface area (Å²) >= 11 is 4.62. The fourth-order valence-electron chi connectivity index (χ4n) is 3.24. The van der Waals surface area contributed by atoms with Gasteiger partial charge in [0.2, 0.25) is 0 Å². The van der Waals surface area contributed by atoms with Gasteiger partial charge in [-0.05, 0) is 49.4 Å². The van der Waals surface area contributed by atoms with Crippen molar-refractivity contribution >= 4 is 44.9 Å². The van der Waals surface area contributed by atoms with Crippen molar-refractivity contribution in [3.8, 4) is 0 Å². The van der Waals surface area contributed by atoms with Gasteiger partial charge in [-0.1, -0.05) is 63.2 Å². The smallest absolute Gasteiger partial charge is 0.0119 e. The van der Waals surface area contributed by atoms with Crippen molar-refractivity contribution in [3.63, 3.8) is 0 Å². The Morgan fingerprint density at radius 2 is 1.29 bits per heavy atom. The lowest BCUT2D eigenvalue weighted by molar-refractivity contribution is 0.591. The molecular weight excluding hydrogens is 272 g/mol. The summed E-state index contributed by atoms with van der Waals surface area (Å²) in [6.07, 6.45) is 0. The number of hydrogen-bond acceptors (Lipinski definition) is 1. The molecule has 0 spiro atoms. The highest BCUT2D eigenvalue weighted by atomic mass is 32.1. The van der Waals surface area contributed by atoms with E-state index in [0.29, 0.717) is 0 Å². The second-order valence-electron chi connectivity index (χ2n) is 6.91. The maximum atomic E-state index is 4.62. The molecule has 0 fully saturated rings. The van der Waals surface area contributed by atoms with Crippen LogP contribution in [0.5, 0.6) is 0 Å². The molecule has 4 rings (SSSR count). The molecular formula is C20H18S. The summed E-state index contributed by atoms with van der Waals surface area (Å²) in [6.45, 7) is 6.81. The zero-order valence-corrected chi connectivity index (χ0v) is 13.5. The summed E-state index contributed by atoms with van der Waals surface area (Å²) in [5.41, 5.74) is 1.55. The highest BCUT2D eigenvalue weighted by Gasteiger charge is 2.17. The predicted octanol–water partition coefficient (Wildman–Crippen LogP) is 6.17. The summed E-state index contributed by atoms with van der Waals surface area (Å²) in [5.74, 6) is 0. The van der Waals surface area contributed by atoms with Gasteiger partial charge in [0, 0.05) is 4.90 Å². The Labute approximate surface area is 130 Å². The van der Waals surface area contributed by atoms with Crippen LogP contribution in [0.1, 0.15) is 26.3 Å². The van der Waals surface area contributed by atoms with Crippen LogP contribution in [-0.2, 0) is 5.41 Å². The van der Waals surface area contributed by atoms with Crippen LogP contribution in [0.4, 0.5) is 0 Å². The molecule has 0 heterocycles. The lowest BCUT2D eigenvalue weighted by Gasteiger charge is -2.21. The van der Waals surface area contributed by atoms with Gasteiger partial charge in [0.05, 0.1) is 0 Å². The van der Waals surface area contributed by atoms with Crippen molar-refractivity contribution in [1.29, 1.82) is 0 Å². The van der Waals surface area contributed by atoms with E-state index in [2.05, 4.69) is 81.9 Å². The quantitative estimate of drug-likeness (QED) is 0.290. The molecule has 0 N–H and O–H groups in total. The molecule has 4 aromatic rings. The van der Waals surface area contributed by atoms with Crippen molar-refractivity contribution < 1.29 is 0 Å². The maximum Gasteiger partial charge on any atom is 0.0119 e. The molecule has 0 atom stereocenters. The molecule has 0 aliphatic carbocycles. The van der Waals surface area contributed by atoms with Gasteiger partial charge >= 0.3 is 0 Å². The first kappa shape index (κ1) is 13.0. The van der Waals surface area contributed by atoms with E-state index in [0.717, 1.165) is 4.90 Å². The average molecular weight is 290 g/mol. The first-order chi connectivity index (χ1) is 9.95. The number of benzene rings is 4. The van der Waals surface area contributed by atoms with Crippen molar-refractivity contribution in [1.82, 2.24) is 0 Å². The second kappa shape index (κ2) is 4.14. The highest BCUT2D eigenvalue weighted by molar-refractivity contribution is 7.80. The molecule has 0 radical (unpaired) electrons. The Bertz CT molecular complexity index is 955.